The number of methoxy groups -OCH3 is 1. The zero-order chi connectivity index (χ0) is 19.0. The molecule has 1 aliphatic heterocycles. The first kappa shape index (κ1) is 17.6. The molecule has 1 aliphatic rings. The summed E-state index contributed by atoms with van der Waals surface area (Å²) in [6.45, 7) is 1.78. The lowest BCUT2D eigenvalue weighted by molar-refractivity contribution is -0.136. The lowest BCUT2D eigenvalue weighted by Crippen LogP contribution is -2.39. The van der Waals surface area contributed by atoms with Gasteiger partial charge in [0, 0.05) is 4.88 Å². The van der Waals surface area contributed by atoms with Crippen LogP contribution >= 0.6 is 22.7 Å². The minimum atomic E-state index is -0.522. The second-order valence-corrected chi connectivity index (χ2v) is 7.99. The molecule has 4 rings (SSSR count). The number of carbonyl (C=O) groups excluding carboxylic acids is 1. The standard InChI is InChI=1S/C20H16N2O3S2/c1-12-16(19(24)25-2)17(14-9-6-10-26-14)22-18(23)15(27-20(22)21-12)11-13-7-4-3-5-8-13/h3-11,17H,1-2H3/b15-11+. The third-order valence-corrected chi connectivity index (χ3v) is 6.24. The summed E-state index contributed by atoms with van der Waals surface area (Å²) in [7, 11) is 1.34. The van der Waals surface area contributed by atoms with E-state index >= 15 is 0 Å². The number of benzene rings is 1. The van der Waals surface area contributed by atoms with Crippen LogP contribution in [0.2, 0.25) is 0 Å². The number of carbonyl (C=O) groups is 1. The number of aromatic nitrogens is 1. The van der Waals surface area contributed by atoms with Gasteiger partial charge in [0.2, 0.25) is 0 Å². The molecule has 3 heterocycles. The predicted molar refractivity (Wildman–Crippen MR) is 107 cm³/mol. The fourth-order valence-corrected chi connectivity index (χ4v) is 4.98. The van der Waals surface area contributed by atoms with E-state index in [1.165, 1.54) is 29.8 Å². The predicted octanol–water partition coefficient (Wildman–Crippen LogP) is 2.47. The number of fused-ring (bicyclic) bond motifs is 1. The van der Waals surface area contributed by atoms with Crippen molar-refractivity contribution in [3.8, 4) is 0 Å². The van der Waals surface area contributed by atoms with E-state index < -0.39 is 12.0 Å². The molecule has 0 bridgehead atoms. The highest BCUT2D eigenvalue weighted by Crippen LogP contribution is 2.32. The fourth-order valence-electron chi connectivity index (χ4n) is 3.11. The van der Waals surface area contributed by atoms with Gasteiger partial charge in [-0.2, -0.15) is 0 Å². The number of ether oxygens (including phenoxy) is 1. The number of hydrogen-bond donors (Lipinski definition) is 0. The first-order valence-corrected chi connectivity index (χ1v) is 9.99. The maximum absolute atomic E-state index is 13.2. The molecule has 0 spiro atoms. The van der Waals surface area contributed by atoms with Crippen molar-refractivity contribution < 1.29 is 9.53 Å². The van der Waals surface area contributed by atoms with E-state index in [0.717, 1.165) is 10.4 Å². The van der Waals surface area contributed by atoms with Gasteiger partial charge in [-0.05, 0) is 30.0 Å². The molecule has 0 fully saturated rings. The summed E-state index contributed by atoms with van der Waals surface area (Å²) in [5, 5.41) is 1.93. The molecule has 27 heavy (non-hydrogen) atoms. The van der Waals surface area contributed by atoms with E-state index in [0.29, 0.717) is 20.6 Å². The summed E-state index contributed by atoms with van der Waals surface area (Å²) in [6, 6.07) is 13.0. The highest BCUT2D eigenvalue weighted by Gasteiger charge is 2.33. The third-order valence-electron chi connectivity index (χ3n) is 4.34. The monoisotopic (exact) mass is 396 g/mol. The number of allylic oxidation sites excluding steroid dienone is 1. The minimum Gasteiger partial charge on any atom is -0.466 e. The summed E-state index contributed by atoms with van der Waals surface area (Å²) < 4.78 is 7.16. The van der Waals surface area contributed by atoms with Gasteiger partial charge in [-0.3, -0.25) is 9.36 Å². The van der Waals surface area contributed by atoms with Crippen LogP contribution in [0.1, 0.15) is 23.4 Å². The Hall–Kier alpha value is -2.77. The molecule has 5 nitrogen and oxygen atoms in total. The van der Waals surface area contributed by atoms with Gasteiger partial charge in [-0.1, -0.05) is 47.7 Å². The topological polar surface area (TPSA) is 60.7 Å². The van der Waals surface area contributed by atoms with Crippen molar-refractivity contribution in [2.24, 2.45) is 4.99 Å². The molecule has 0 saturated heterocycles. The lowest BCUT2D eigenvalue weighted by Gasteiger charge is -2.22. The Balaban J connectivity index is 1.98. The lowest BCUT2D eigenvalue weighted by atomic mass is 10.0. The maximum Gasteiger partial charge on any atom is 0.338 e. The Morgan fingerprint density at radius 3 is 2.67 bits per heavy atom. The minimum absolute atomic E-state index is 0.157. The van der Waals surface area contributed by atoms with Crippen molar-refractivity contribution in [3.63, 3.8) is 0 Å². The molecule has 2 aromatic heterocycles. The van der Waals surface area contributed by atoms with Crippen LogP contribution in [0.15, 0.2) is 68.9 Å². The number of rotatable bonds is 3. The van der Waals surface area contributed by atoms with Gasteiger partial charge in [0.1, 0.15) is 6.04 Å². The van der Waals surface area contributed by atoms with Crippen molar-refractivity contribution in [1.82, 2.24) is 4.57 Å². The van der Waals surface area contributed by atoms with Crippen molar-refractivity contribution in [1.29, 1.82) is 0 Å². The first-order valence-electron chi connectivity index (χ1n) is 8.29. The SMILES string of the molecule is COC(=O)C1=C(C)N=c2s/c(=C/c3ccccc3)c(=O)n2C1c1cccs1. The molecule has 0 N–H and O–H groups in total. The normalized spacial score (nSPS) is 16.8. The van der Waals surface area contributed by atoms with Crippen LogP contribution in [-0.4, -0.2) is 17.6 Å². The van der Waals surface area contributed by atoms with Crippen molar-refractivity contribution >= 4 is 34.7 Å². The van der Waals surface area contributed by atoms with Gasteiger partial charge in [0.05, 0.1) is 22.9 Å². The van der Waals surface area contributed by atoms with E-state index in [2.05, 4.69) is 4.99 Å². The maximum atomic E-state index is 13.2. The van der Waals surface area contributed by atoms with Crippen molar-refractivity contribution in [2.75, 3.05) is 7.11 Å². The smallest absolute Gasteiger partial charge is 0.338 e. The Morgan fingerprint density at radius 2 is 2.00 bits per heavy atom. The number of thiophene rings is 1. The van der Waals surface area contributed by atoms with Crippen LogP contribution in [0.5, 0.6) is 0 Å². The average molecular weight is 396 g/mol. The van der Waals surface area contributed by atoms with Gasteiger partial charge in [0.25, 0.3) is 5.56 Å². The average Bonchev–Trinajstić information content (AvgIpc) is 3.30. The molecule has 136 valence electrons. The number of hydrogen-bond acceptors (Lipinski definition) is 6. The van der Waals surface area contributed by atoms with Crippen LogP contribution in [-0.2, 0) is 9.53 Å². The van der Waals surface area contributed by atoms with E-state index in [1.54, 1.807) is 11.5 Å². The van der Waals surface area contributed by atoms with Crippen LogP contribution < -0.4 is 14.9 Å². The Kier molecular flexibility index (Phi) is 4.63. The highest BCUT2D eigenvalue weighted by molar-refractivity contribution is 7.10. The Labute approximate surface area is 163 Å². The Morgan fingerprint density at radius 1 is 1.22 bits per heavy atom. The molecule has 1 atom stereocenters. The summed E-state index contributed by atoms with van der Waals surface area (Å²) in [5.74, 6) is -0.466. The van der Waals surface area contributed by atoms with Gasteiger partial charge in [-0.15, -0.1) is 11.3 Å². The molecular formula is C20H16N2O3S2. The first-order chi connectivity index (χ1) is 13.1. The van der Waals surface area contributed by atoms with E-state index in [4.69, 9.17) is 4.74 Å². The summed E-state index contributed by atoms with van der Waals surface area (Å²) in [5.41, 5.74) is 1.76. The van der Waals surface area contributed by atoms with Crippen LogP contribution in [0, 0.1) is 0 Å². The second-order valence-electron chi connectivity index (χ2n) is 6.00. The molecule has 7 heteroatoms. The number of nitrogens with zero attached hydrogens (tertiary/aromatic N) is 2. The summed E-state index contributed by atoms with van der Waals surface area (Å²) in [4.78, 5) is 31.7. The van der Waals surface area contributed by atoms with E-state index in [-0.39, 0.29) is 5.56 Å². The van der Waals surface area contributed by atoms with Gasteiger partial charge < -0.3 is 4.74 Å². The van der Waals surface area contributed by atoms with Gasteiger partial charge in [-0.25, -0.2) is 9.79 Å². The molecule has 1 unspecified atom stereocenters. The zero-order valence-electron chi connectivity index (χ0n) is 14.7. The Bertz CT molecular complexity index is 1200. The van der Waals surface area contributed by atoms with Gasteiger partial charge >= 0.3 is 5.97 Å². The van der Waals surface area contributed by atoms with Crippen molar-refractivity contribution in [2.45, 2.75) is 13.0 Å². The molecule has 1 aromatic carbocycles. The molecule has 3 aromatic rings. The summed E-state index contributed by atoms with van der Waals surface area (Å²) in [6.07, 6.45) is 1.85. The second kappa shape index (κ2) is 7.09. The van der Waals surface area contributed by atoms with Gasteiger partial charge in [0.15, 0.2) is 4.80 Å². The van der Waals surface area contributed by atoms with E-state index in [1.807, 2.05) is 53.9 Å². The summed E-state index contributed by atoms with van der Waals surface area (Å²) >= 11 is 2.83. The highest BCUT2D eigenvalue weighted by atomic mass is 32.1. The van der Waals surface area contributed by atoms with E-state index in [9.17, 15) is 9.59 Å². The molecule has 0 aliphatic carbocycles. The van der Waals surface area contributed by atoms with Crippen molar-refractivity contribution in [3.05, 3.63) is 89.2 Å². The van der Waals surface area contributed by atoms with Crippen LogP contribution in [0.3, 0.4) is 0 Å². The zero-order valence-corrected chi connectivity index (χ0v) is 16.3. The van der Waals surface area contributed by atoms with Crippen LogP contribution in [0.4, 0.5) is 0 Å². The fraction of sp³-hybridized carbons (Fsp3) is 0.150. The number of esters is 1. The number of thiazole rings is 1. The molecule has 0 amide bonds. The molecule has 0 saturated carbocycles. The molecule has 0 radical (unpaired) electrons. The van der Waals surface area contributed by atoms with Crippen LogP contribution in [0.25, 0.3) is 6.08 Å². The quantitative estimate of drug-likeness (QED) is 0.639. The largest absolute Gasteiger partial charge is 0.466 e. The molecular weight excluding hydrogens is 380 g/mol. The third kappa shape index (κ3) is 3.09.